The van der Waals surface area contributed by atoms with Gasteiger partial charge in [-0.15, -0.1) is 0 Å². The molecule has 8 heteroatoms. The summed E-state index contributed by atoms with van der Waals surface area (Å²) in [4.78, 5) is 39.8. The molecule has 2 aliphatic carbocycles. The third-order valence-electron chi connectivity index (χ3n) is 6.74. The number of imide groups is 1. The van der Waals surface area contributed by atoms with Gasteiger partial charge in [0.25, 0.3) is 0 Å². The molecule has 1 aliphatic heterocycles. The van der Waals surface area contributed by atoms with Gasteiger partial charge in [-0.2, -0.15) is 0 Å². The summed E-state index contributed by atoms with van der Waals surface area (Å²) in [6.07, 6.45) is 3.63. The van der Waals surface area contributed by atoms with Crippen LogP contribution >= 0.6 is 31.9 Å². The van der Waals surface area contributed by atoms with Gasteiger partial charge >= 0.3 is 0 Å². The number of fused-ring (bicyclic) bond motifs is 5. The number of carbonyl (C=O) groups excluding carboxylic acids is 3. The van der Waals surface area contributed by atoms with E-state index in [1.165, 1.54) is 4.90 Å². The lowest BCUT2D eigenvalue weighted by molar-refractivity contribution is -0.140. The molecule has 4 rings (SSSR count). The van der Waals surface area contributed by atoms with Crippen molar-refractivity contribution < 1.29 is 19.1 Å². The molecular formula is C22H26Br2N2O4. The van der Waals surface area contributed by atoms with Gasteiger partial charge in [0, 0.05) is 28.3 Å². The number of hydrogen-bond donors (Lipinski definition) is 1. The van der Waals surface area contributed by atoms with E-state index in [1.807, 2.05) is 0 Å². The van der Waals surface area contributed by atoms with Gasteiger partial charge in [0.1, 0.15) is 5.75 Å². The van der Waals surface area contributed by atoms with Gasteiger partial charge in [0.15, 0.2) is 0 Å². The lowest BCUT2D eigenvalue weighted by Gasteiger charge is -2.28. The van der Waals surface area contributed by atoms with Crippen LogP contribution in [0.1, 0.15) is 32.1 Å². The van der Waals surface area contributed by atoms with Crippen LogP contribution in [0.2, 0.25) is 0 Å². The Labute approximate surface area is 193 Å². The van der Waals surface area contributed by atoms with Crippen molar-refractivity contribution in [3.05, 3.63) is 24.3 Å². The minimum Gasteiger partial charge on any atom is -0.497 e. The lowest BCUT2D eigenvalue weighted by Crippen LogP contribution is -2.37. The second kappa shape index (κ2) is 8.99. The summed E-state index contributed by atoms with van der Waals surface area (Å²) >= 11 is 7.42. The maximum atomic E-state index is 12.9. The fraction of sp³-hybridized carbons (Fsp3) is 0.591. The van der Waals surface area contributed by atoms with Crippen molar-refractivity contribution in [2.75, 3.05) is 19.0 Å². The largest absolute Gasteiger partial charge is 0.497 e. The number of carbonyl (C=O) groups is 3. The van der Waals surface area contributed by atoms with Gasteiger partial charge < -0.3 is 10.1 Å². The average Bonchev–Trinajstić information content (AvgIpc) is 3.34. The van der Waals surface area contributed by atoms with Crippen molar-refractivity contribution in [2.45, 2.75) is 41.8 Å². The maximum absolute atomic E-state index is 12.9. The van der Waals surface area contributed by atoms with E-state index in [-0.39, 0.29) is 51.0 Å². The van der Waals surface area contributed by atoms with E-state index in [0.29, 0.717) is 13.0 Å². The summed E-state index contributed by atoms with van der Waals surface area (Å²) in [5, 5.41) is 2.87. The quantitative estimate of drug-likeness (QED) is 0.307. The zero-order valence-corrected chi connectivity index (χ0v) is 20.0. The monoisotopic (exact) mass is 540 g/mol. The standard InChI is InChI=1S/C22H26Br2N2O4/c1-30-13-8-6-12(7-9-13)25-16(27)5-3-2-4-10-26-21(28)17-14-11-15(18(17)22(26)29)20(24)19(14)23/h6-9,14-15,17-20H,2-5,10-11H2,1H3,(H,25,27)/t14-,15-,17-,18+,19-,20+/m0/s1. The normalized spacial score (nSPS) is 31.9. The first-order valence-electron chi connectivity index (χ1n) is 10.5. The zero-order chi connectivity index (χ0) is 21.4. The molecule has 1 N–H and O–H groups in total. The van der Waals surface area contributed by atoms with E-state index in [9.17, 15) is 14.4 Å². The number of nitrogens with zero attached hydrogens (tertiary/aromatic N) is 1. The molecule has 0 spiro atoms. The van der Waals surface area contributed by atoms with Crippen LogP contribution in [-0.2, 0) is 14.4 Å². The van der Waals surface area contributed by atoms with Crippen LogP contribution < -0.4 is 10.1 Å². The summed E-state index contributed by atoms with van der Waals surface area (Å²) in [6, 6.07) is 7.22. The summed E-state index contributed by atoms with van der Waals surface area (Å²) in [5.41, 5.74) is 0.741. The van der Waals surface area contributed by atoms with E-state index in [0.717, 1.165) is 37.1 Å². The second-order valence-electron chi connectivity index (χ2n) is 8.42. The first-order chi connectivity index (χ1) is 14.4. The van der Waals surface area contributed by atoms with Crippen LogP contribution in [0.5, 0.6) is 5.75 Å². The van der Waals surface area contributed by atoms with Crippen molar-refractivity contribution in [3.8, 4) is 5.75 Å². The zero-order valence-electron chi connectivity index (χ0n) is 16.9. The second-order valence-corrected chi connectivity index (χ2v) is 10.5. The number of nitrogens with one attached hydrogen (secondary N) is 1. The van der Waals surface area contributed by atoms with E-state index < -0.39 is 0 Å². The van der Waals surface area contributed by atoms with E-state index >= 15 is 0 Å². The van der Waals surface area contributed by atoms with Gasteiger partial charge in [0.2, 0.25) is 17.7 Å². The van der Waals surface area contributed by atoms with E-state index in [1.54, 1.807) is 31.4 Å². The number of methoxy groups -OCH3 is 1. The molecule has 2 bridgehead atoms. The van der Waals surface area contributed by atoms with E-state index in [2.05, 4.69) is 37.2 Å². The van der Waals surface area contributed by atoms with Gasteiger partial charge in [-0.1, -0.05) is 38.3 Å². The minimum absolute atomic E-state index is 0.0126. The number of benzene rings is 1. The third kappa shape index (κ3) is 3.93. The SMILES string of the molecule is COc1ccc(NC(=O)CCCCCN2C(=O)[C@@H]3[C@@H]4C[C@H]([C@H](Br)[C@@H]4Br)[C@@H]3C2=O)cc1. The van der Waals surface area contributed by atoms with Crippen LogP contribution in [0.15, 0.2) is 24.3 Å². The molecule has 0 radical (unpaired) electrons. The van der Waals surface area contributed by atoms with Gasteiger partial charge in [-0.05, 0) is 55.4 Å². The molecule has 2 saturated carbocycles. The Morgan fingerprint density at radius 2 is 1.63 bits per heavy atom. The van der Waals surface area contributed by atoms with Crippen LogP contribution in [0, 0.1) is 23.7 Å². The lowest BCUT2D eigenvalue weighted by atomic mass is 9.81. The maximum Gasteiger partial charge on any atom is 0.233 e. The van der Waals surface area contributed by atoms with Gasteiger partial charge in [0.05, 0.1) is 18.9 Å². The predicted molar refractivity (Wildman–Crippen MR) is 121 cm³/mol. The predicted octanol–water partition coefficient (Wildman–Crippen LogP) is 3.97. The van der Waals surface area contributed by atoms with Gasteiger partial charge in [-0.3, -0.25) is 19.3 Å². The molecule has 6 atom stereocenters. The highest BCUT2D eigenvalue weighted by atomic mass is 79.9. The molecule has 1 saturated heterocycles. The van der Waals surface area contributed by atoms with Crippen molar-refractivity contribution >= 4 is 55.3 Å². The van der Waals surface area contributed by atoms with Crippen LogP contribution in [0.3, 0.4) is 0 Å². The molecule has 0 aromatic heterocycles. The molecule has 30 heavy (non-hydrogen) atoms. The molecular weight excluding hydrogens is 516 g/mol. The molecule has 3 amide bonds. The molecule has 3 aliphatic rings. The van der Waals surface area contributed by atoms with Crippen molar-refractivity contribution in [1.82, 2.24) is 4.90 Å². The first kappa shape index (κ1) is 21.8. The number of unbranched alkanes of at least 4 members (excludes halogenated alkanes) is 2. The molecule has 0 unspecified atom stereocenters. The van der Waals surface area contributed by atoms with Crippen molar-refractivity contribution in [1.29, 1.82) is 0 Å². The Hall–Kier alpha value is -1.41. The third-order valence-corrected chi connectivity index (χ3v) is 9.94. The van der Waals surface area contributed by atoms with Crippen molar-refractivity contribution in [2.24, 2.45) is 23.7 Å². The molecule has 1 aromatic carbocycles. The Morgan fingerprint density at radius 3 is 2.20 bits per heavy atom. The number of hydrogen-bond acceptors (Lipinski definition) is 4. The number of ether oxygens (including phenoxy) is 1. The number of anilines is 1. The number of amides is 3. The fourth-order valence-electron chi connectivity index (χ4n) is 5.26. The first-order valence-corrected chi connectivity index (χ1v) is 12.3. The topological polar surface area (TPSA) is 75.7 Å². The molecule has 1 heterocycles. The number of halogens is 2. The Balaban J connectivity index is 1.19. The summed E-state index contributed by atoms with van der Waals surface area (Å²) in [7, 11) is 1.60. The molecule has 3 fully saturated rings. The smallest absolute Gasteiger partial charge is 0.233 e. The minimum atomic E-state index is -0.143. The summed E-state index contributed by atoms with van der Waals surface area (Å²) in [6.45, 7) is 0.462. The van der Waals surface area contributed by atoms with Gasteiger partial charge in [-0.25, -0.2) is 0 Å². The number of rotatable bonds is 8. The number of alkyl halides is 2. The van der Waals surface area contributed by atoms with Crippen LogP contribution in [0.4, 0.5) is 5.69 Å². The Bertz CT molecular complexity index is 799. The Morgan fingerprint density at radius 1 is 1.03 bits per heavy atom. The fourth-order valence-corrected chi connectivity index (χ4v) is 7.13. The molecule has 162 valence electrons. The van der Waals surface area contributed by atoms with Crippen LogP contribution in [0.25, 0.3) is 0 Å². The number of likely N-dealkylation sites (tertiary alicyclic amines) is 1. The summed E-state index contributed by atoms with van der Waals surface area (Å²) < 4.78 is 5.10. The highest BCUT2D eigenvalue weighted by Crippen LogP contribution is 2.60. The van der Waals surface area contributed by atoms with Crippen molar-refractivity contribution in [3.63, 3.8) is 0 Å². The van der Waals surface area contributed by atoms with Crippen LogP contribution in [-0.4, -0.2) is 45.9 Å². The Kier molecular flexibility index (Phi) is 6.53. The van der Waals surface area contributed by atoms with E-state index in [4.69, 9.17) is 4.74 Å². The molecule has 6 nitrogen and oxygen atoms in total. The molecule has 1 aromatic rings. The average molecular weight is 542 g/mol. The summed E-state index contributed by atoms with van der Waals surface area (Å²) in [5.74, 6) is 0.963. The highest BCUT2D eigenvalue weighted by Gasteiger charge is 2.66. The highest BCUT2D eigenvalue weighted by molar-refractivity contribution is 9.12.